The Morgan fingerprint density at radius 1 is 1.14 bits per heavy atom. The molecular formula is C33H35ClF2N6O2. The number of aliphatic hydroxyl groups excluding tert-OH is 1. The molecule has 0 bridgehead atoms. The lowest BCUT2D eigenvalue weighted by molar-refractivity contribution is -0.0300. The van der Waals surface area contributed by atoms with E-state index in [1.165, 1.54) is 0 Å². The quantitative estimate of drug-likeness (QED) is 0.314. The number of hydrogen-bond donors (Lipinski definition) is 1. The summed E-state index contributed by atoms with van der Waals surface area (Å²) >= 11 is 6.60. The number of aromatic nitrogens is 3. The average molecular weight is 621 g/mol. The van der Waals surface area contributed by atoms with Gasteiger partial charge in [0, 0.05) is 60.8 Å². The van der Waals surface area contributed by atoms with Crippen molar-refractivity contribution in [2.24, 2.45) is 0 Å². The van der Waals surface area contributed by atoms with Gasteiger partial charge in [0.2, 0.25) is 0 Å². The predicted molar refractivity (Wildman–Crippen MR) is 167 cm³/mol. The second-order valence-corrected chi connectivity index (χ2v) is 13.3. The molecule has 2 aromatic carbocycles. The number of nitrogens with zero attached hydrogens (tertiary/aromatic N) is 6. The van der Waals surface area contributed by atoms with E-state index in [4.69, 9.17) is 21.3 Å². The SMILES string of the molecule is C[C@@H](O)[C@H]1CN(c2nc(OC[C@@]34CCCN3C[C@H](F)C4)nc3c(F)c(-c4cccc5cccc(Cl)c45)ncc23)C[C@H]2CCN21. The summed E-state index contributed by atoms with van der Waals surface area (Å²) in [5.41, 5.74) is 0.440. The van der Waals surface area contributed by atoms with Crippen molar-refractivity contribution in [2.45, 2.75) is 62.5 Å². The highest BCUT2D eigenvalue weighted by Gasteiger charge is 2.49. The number of pyridine rings is 1. The van der Waals surface area contributed by atoms with Gasteiger partial charge in [0.1, 0.15) is 29.8 Å². The predicted octanol–water partition coefficient (Wildman–Crippen LogP) is 5.24. The molecule has 0 amide bonds. The van der Waals surface area contributed by atoms with Crippen LogP contribution in [0.1, 0.15) is 32.6 Å². The van der Waals surface area contributed by atoms with Crippen LogP contribution in [0, 0.1) is 5.82 Å². The van der Waals surface area contributed by atoms with Crippen molar-refractivity contribution in [1.29, 1.82) is 0 Å². The number of aliphatic hydroxyl groups is 1. The standard InChI is InChI=1S/C33H35ClF2N6O2/c1-19(43)26-17-40(16-22-9-12-42(22)26)31-24-14-37-29(23-7-2-5-20-6-3-8-25(34)27(20)23)28(36)30(24)38-32(39-31)44-18-33-10-4-11-41(33)15-21(35)13-33/h2-3,5-8,14,19,21-22,26,43H,4,9-13,15-18H2,1H3/t19-,21-,22-,26-,33+/m1/s1. The first-order chi connectivity index (χ1) is 21.3. The summed E-state index contributed by atoms with van der Waals surface area (Å²) in [5, 5.41) is 13.2. The number of hydrogen-bond acceptors (Lipinski definition) is 8. The molecule has 0 spiro atoms. The number of rotatable bonds is 6. The maximum atomic E-state index is 16.7. The highest BCUT2D eigenvalue weighted by molar-refractivity contribution is 6.36. The molecule has 2 aromatic heterocycles. The van der Waals surface area contributed by atoms with E-state index in [-0.39, 0.29) is 35.9 Å². The van der Waals surface area contributed by atoms with Crippen molar-refractivity contribution in [3.63, 3.8) is 0 Å². The molecule has 5 atom stereocenters. The molecule has 8 rings (SSSR count). The fraction of sp³-hybridized carbons (Fsp3) is 0.485. The molecule has 1 N–H and O–H groups in total. The van der Waals surface area contributed by atoms with Crippen LogP contribution in [0.15, 0.2) is 42.6 Å². The lowest BCUT2D eigenvalue weighted by Gasteiger charge is -2.54. The van der Waals surface area contributed by atoms with E-state index < -0.39 is 23.6 Å². The van der Waals surface area contributed by atoms with Crippen molar-refractivity contribution < 1.29 is 18.6 Å². The zero-order chi connectivity index (χ0) is 30.2. The normalized spacial score (nSPS) is 27.8. The van der Waals surface area contributed by atoms with E-state index >= 15 is 4.39 Å². The number of anilines is 1. The maximum Gasteiger partial charge on any atom is 0.319 e. The first-order valence-corrected chi connectivity index (χ1v) is 15.9. The highest BCUT2D eigenvalue weighted by atomic mass is 35.5. The summed E-state index contributed by atoms with van der Waals surface area (Å²) in [6, 6.07) is 11.5. The Balaban J connectivity index is 1.24. The second-order valence-electron chi connectivity index (χ2n) is 12.9. The maximum absolute atomic E-state index is 16.7. The molecule has 4 aliphatic rings. The molecule has 4 aromatic rings. The Hall–Kier alpha value is -3.18. The third kappa shape index (κ3) is 4.52. The number of fused-ring (bicyclic) bond motifs is 4. The first-order valence-electron chi connectivity index (χ1n) is 15.6. The van der Waals surface area contributed by atoms with E-state index in [0.29, 0.717) is 47.8 Å². The molecule has 4 aliphatic heterocycles. The zero-order valence-electron chi connectivity index (χ0n) is 24.6. The van der Waals surface area contributed by atoms with Gasteiger partial charge in [-0.1, -0.05) is 41.9 Å². The van der Waals surface area contributed by atoms with Gasteiger partial charge in [-0.2, -0.15) is 9.97 Å². The third-order valence-corrected chi connectivity index (χ3v) is 10.6. The molecule has 4 saturated heterocycles. The van der Waals surface area contributed by atoms with Crippen LogP contribution < -0.4 is 9.64 Å². The van der Waals surface area contributed by atoms with E-state index in [1.54, 1.807) is 12.3 Å². The lowest BCUT2D eigenvalue weighted by Crippen LogP contribution is -2.67. The van der Waals surface area contributed by atoms with Gasteiger partial charge in [0.05, 0.1) is 23.1 Å². The van der Waals surface area contributed by atoms with Gasteiger partial charge >= 0.3 is 6.01 Å². The van der Waals surface area contributed by atoms with E-state index in [2.05, 4.69) is 24.7 Å². The molecule has 8 nitrogen and oxygen atoms in total. The minimum Gasteiger partial charge on any atom is -0.461 e. The van der Waals surface area contributed by atoms with Crippen LogP contribution in [0.2, 0.25) is 5.02 Å². The first kappa shape index (κ1) is 28.3. The van der Waals surface area contributed by atoms with E-state index in [0.717, 1.165) is 43.1 Å². The second kappa shape index (κ2) is 10.7. The topological polar surface area (TPSA) is 77.9 Å². The Labute approximate surface area is 259 Å². The van der Waals surface area contributed by atoms with Gasteiger partial charge in [-0.15, -0.1) is 0 Å². The van der Waals surface area contributed by atoms with E-state index in [1.807, 2.05) is 37.3 Å². The molecule has 0 unspecified atom stereocenters. The van der Waals surface area contributed by atoms with Gasteiger partial charge in [0.15, 0.2) is 5.82 Å². The number of halogens is 3. The van der Waals surface area contributed by atoms with Crippen LogP contribution in [0.4, 0.5) is 14.6 Å². The van der Waals surface area contributed by atoms with Crippen molar-refractivity contribution in [3.05, 3.63) is 53.4 Å². The van der Waals surface area contributed by atoms with Gasteiger partial charge in [-0.25, -0.2) is 8.78 Å². The molecule has 0 saturated carbocycles. The summed E-state index contributed by atoms with van der Waals surface area (Å²) in [4.78, 5) is 20.7. The summed E-state index contributed by atoms with van der Waals surface area (Å²) < 4.78 is 37.5. The number of alkyl halides is 1. The largest absolute Gasteiger partial charge is 0.461 e. The number of piperazine rings is 1. The summed E-state index contributed by atoms with van der Waals surface area (Å²) in [6.07, 6.45) is 3.48. The fourth-order valence-electron chi connectivity index (χ4n) is 8.01. The van der Waals surface area contributed by atoms with Crippen LogP contribution in [0.5, 0.6) is 6.01 Å². The minimum absolute atomic E-state index is 0.0627. The summed E-state index contributed by atoms with van der Waals surface area (Å²) in [7, 11) is 0. The van der Waals surface area contributed by atoms with Crippen LogP contribution in [0.3, 0.4) is 0 Å². The summed E-state index contributed by atoms with van der Waals surface area (Å²) in [6.45, 7) is 5.48. The molecule has 11 heteroatoms. The van der Waals surface area contributed by atoms with Crippen molar-refractivity contribution >= 4 is 39.1 Å². The molecule has 44 heavy (non-hydrogen) atoms. The smallest absolute Gasteiger partial charge is 0.319 e. The number of ether oxygens (including phenoxy) is 1. The molecule has 6 heterocycles. The van der Waals surface area contributed by atoms with Crippen molar-refractivity contribution in [2.75, 3.05) is 44.2 Å². The van der Waals surface area contributed by atoms with Gasteiger partial charge in [-0.3, -0.25) is 14.8 Å². The van der Waals surface area contributed by atoms with Gasteiger partial charge < -0.3 is 14.7 Å². The average Bonchev–Trinajstić information content (AvgIpc) is 3.52. The zero-order valence-corrected chi connectivity index (χ0v) is 25.4. The van der Waals surface area contributed by atoms with Crippen molar-refractivity contribution in [1.82, 2.24) is 24.8 Å². The molecule has 0 aliphatic carbocycles. The van der Waals surface area contributed by atoms with Crippen LogP contribution >= 0.6 is 11.6 Å². The molecular weight excluding hydrogens is 586 g/mol. The molecule has 230 valence electrons. The Morgan fingerprint density at radius 3 is 2.77 bits per heavy atom. The lowest BCUT2D eigenvalue weighted by atomic mass is 9.92. The highest BCUT2D eigenvalue weighted by Crippen LogP contribution is 2.42. The Morgan fingerprint density at radius 2 is 1.98 bits per heavy atom. The summed E-state index contributed by atoms with van der Waals surface area (Å²) in [5.74, 6) is -0.0465. The van der Waals surface area contributed by atoms with E-state index in [9.17, 15) is 9.50 Å². The van der Waals surface area contributed by atoms with Gasteiger partial charge in [-0.05, 0) is 44.2 Å². The number of benzene rings is 2. The van der Waals surface area contributed by atoms with Gasteiger partial charge in [0.25, 0.3) is 0 Å². The van der Waals surface area contributed by atoms with Crippen LogP contribution in [-0.4, -0.2) is 99.1 Å². The monoisotopic (exact) mass is 620 g/mol. The minimum atomic E-state index is -0.887. The van der Waals surface area contributed by atoms with Crippen molar-refractivity contribution in [3.8, 4) is 17.3 Å². The Kier molecular flexibility index (Phi) is 6.90. The Bertz CT molecular complexity index is 1750. The molecule has 4 fully saturated rings. The fourth-order valence-corrected chi connectivity index (χ4v) is 8.29. The van der Waals surface area contributed by atoms with Crippen LogP contribution in [-0.2, 0) is 0 Å². The third-order valence-electron chi connectivity index (χ3n) is 10.3. The molecule has 0 radical (unpaired) electrons. The van der Waals surface area contributed by atoms with Crippen LogP contribution in [0.25, 0.3) is 32.9 Å².